The molecule has 3 unspecified atom stereocenters. The highest BCUT2D eigenvalue weighted by molar-refractivity contribution is 7.32. The molecule has 0 amide bonds. The third kappa shape index (κ3) is 4.58. The van der Waals surface area contributed by atoms with Crippen LogP contribution < -0.4 is 0 Å². The van der Waals surface area contributed by atoms with Gasteiger partial charge in [-0.15, -0.1) is 0 Å². The van der Waals surface area contributed by atoms with Crippen LogP contribution in [0.4, 0.5) is 0 Å². The van der Waals surface area contributed by atoms with Crippen LogP contribution in [0.1, 0.15) is 6.92 Å². The van der Waals surface area contributed by atoms with Crippen LogP contribution in [0.5, 0.6) is 0 Å². The van der Waals surface area contributed by atoms with Crippen LogP contribution in [0.25, 0.3) is 0 Å². The molecule has 0 spiro atoms. The standard InChI is InChI=1S/C5H11O6P/c1-3(6)5(8)4(7)2-11-12(9)10/h4-5,7-8,12H,2H2,1H3,(H,9,10). The van der Waals surface area contributed by atoms with E-state index in [2.05, 4.69) is 4.52 Å². The van der Waals surface area contributed by atoms with E-state index >= 15 is 0 Å². The summed E-state index contributed by atoms with van der Waals surface area (Å²) < 4.78 is 14.1. The van der Waals surface area contributed by atoms with Crippen molar-refractivity contribution in [3.63, 3.8) is 0 Å². The minimum absolute atomic E-state index is 0.533. The molecule has 0 aliphatic rings. The Balaban J connectivity index is 3.79. The summed E-state index contributed by atoms with van der Waals surface area (Å²) in [6.07, 6.45) is -3.02. The lowest BCUT2D eigenvalue weighted by molar-refractivity contribution is -0.131. The van der Waals surface area contributed by atoms with Gasteiger partial charge in [-0.05, 0) is 6.92 Å². The maximum atomic E-state index is 10.4. The van der Waals surface area contributed by atoms with E-state index in [9.17, 15) is 9.36 Å². The first-order valence-corrected chi connectivity index (χ1v) is 4.44. The number of aliphatic hydroxyl groups excluding tert-OH is 2. The van der Waals surface area contributed by atoms with Gasteiger partial charge in [-0.2, -0.15) is 0 Å². The molecule has 0 aromatic heterocycles. The summed E-state index contributed by atoms with van der Waals surface area (Å²) in [5.74, 6) is -0.622. The van der Waals surface area contributed by atoms with Gasteiger partial charge in [-0.1, -0.05) is 0 Å². The molecule has 7 heteroatoms. The second-order valence-corrected chi connectivity index (χ2v) is 3.02. The summed E-state index contributed by atoms with van der Waals surface area (Å²) in [7, 11) is -3.12. The fourth-order valence-electron chi connectivity index (χ4n) is 0.519. The van der Waals surface area contributed by atoms with Crippen LogP contribution in [0.2, 0.25) is 0 Å². The predicted octanol–water partition coefficient (Wildman–Crippen LogP) is -1.30. The molecule has 0 rings (SSSR count). The molecule has 0 bridgehead atoms. The van der Waals surface area contributed by atoms with Crippen LogP contribution in [0, 0.1) is 0 Å². The van der Waals surface area contributed by atoms with Crippen molar-refractivity contribution in [2.24, 2.45) is 0 Å². The number of carbonyl (C=O) groups excluding carboxylic acids is 1. The monoisotopic (exact) mass is 198 g/mol. The lowest BCUT2D eigenvalue weighted by Crippen LogP contribution is -2.35. The van der Waals surface area contributed by atoms with Crippen LogP contribution in [0.3, 0.4) is 0 Å². The molecule has 0 aliphatic heterocycles. The first-order chi connectivity index (χ1) is 5.45. The molecule has 72 valence electrons. The van der Waals surface area contributed by atoms with Crippen molar-refractivity contribution in [2.75, 3.05) is 6.61 Å². The Morgan fingerprint density at radius 1 is 1.58 bits per heavy atom. The van der Waals surface area contributed by atoms with Crippen LogP contribution >= 0.6 is 8.25 Å². The molecular formula is C5H11O6P. The summed E-state index contributed by atoms with van der Waals surface area (Å²) in [4.78, 5) is 18.6. The highest BCUT2D eigenvalue weighted by Gasteiger charge is 2.21. The van der Waals surface area contributed by atoms with Crippen LogP contribution in [0.15, 0.2) is 0 Å². The van der Waals surface area contributed by atoms with Gasteiger partial charge in [-0.3, -0.25) is 9.36 Å². The summed E-state index contributed by atoms with van der Waals surface area (Å²) in [6, 6.07) is 0. The van der Waals surface area contributed by atoms with E-state index in [4.69, 9.17) is 15.1 Å². The molecule has 0 heterocycles. The van der Waals surface area contributed by atoms with Gasteiger partial charge >= 0.3 is 8.25 Å². The topological polar surface area (TPSA) is 104 Å². The summed E-state index contributed by atoms with van der Waals surface area (Å²) in [6.45, 7) is 0.560. The van der Waals surface area contributed by atoms with Crippen molar-refractivity contribution in [3.8, 4) is 0 Å². The summed E-state index contributed by atoms with van der Waals surface area (Å²) in [5.41, 5.74) is 0. The average molecular weight is 198 g/mol. The van der Waals surface area contributed by atoms with Crippen molar-refractivity contribution in [1.29, 1.82) is 0 Å². The molecule has 3 N–H and O–H groups in total. The number of rotatable bonds is 5. The summed E-state index contributed by atoms with van der Waals surface area (Å²) in [5, 5.41) is 17.8. The SMILES string of the molecule is CC(=O)C(O)C(O)CO[PH](=O)O. The van der Waals surface area contributed by atoms with Crippen molar-refractivity contribution in [3.05, 3.63) is 0 Å². The zero-order valence-corrected chi connectivity index (χ0v) is 7.43. The first-order valence-electron chi connectivity index (χ1n) is 3.17. The van der Waals surface area contributed by atoms with Crippen molar-refractivity contribution in [1.82, 2.24) is 0 Å². The van der Waals surface area contributed by atoms with Gasteiger partial charge in [0.15, 0.2) is 5.78 Å². The van der Waals surface area contributed by atoms with E-state index in [1.54, 1.807) is 0 Å². The average Bonchev–Trinajstić information content (AvgIpc) is 1.98. The normalized spacial score (nSPS) is 18.3. The molecule has 0 aromatic rings. The van der Waals surface area contributed by atoms with Gasteiger partial charge in [0.05, 0.1) is 6.61 Å². The molecule has 0 saturated heterocycles. The second kappa shape index (κ2) is 5.40. The number of hydrogen-bond donors (Lipinski definition) is 3. The molecule has 0 saturated carbocycles. The highest BCUT2D eigenvalue weighted by Crippen LogP contribution is 2.15. The first kappa shape index (κ1) is 11.7. The molecular weight excluding hydrogens is 187 g/mol. The third-order valence-electron chi connectivity index (χ3n) is 1.16. The molecule has 3 atom stereocenters. The minimum Gasteiger partial charge on any atom is -0.388 e. The molecule has 6 nitrogen and oxygen atoms in total. The van der Waals surface area contributed by atoms with Gasteiger partial charge in [0.25, 0.3) is 0 Å². The van der Waals surface area contributed by atoms with Crippen molar-refractivity contribution in [2.45, 2.75) is 19.1 Å². The molecule has 0 fully saturated rings. The Hall–Kier alpha value is -0.260. The van der Waals surface area contributed by atoms with Crippen molar-refractivity contribution >= 4 is 14.0 Å². The Bertz CT molecular complexity index is 181. The lowest BCUT2D eigenvalue weighted by Gasteiger charge is -2.13. The molecule has 0 aliphatic carbocycles. The quantitative estimate of drug-likeness (QED) is 0.474. The fraction of sp³-hybridized carbons (Fsp3) is 0.800. The zero-order valence-electron chi connectivity index (χ0n) is 6.43. The van der Waals surface area contributed by atoms with Crippen LogP contribution in [-0.2, 0) is 13.9 Å². The molecule has 12 heavy (non-hydrogen) atoms. The van der Waals surface area contributed by atoms with Gasteiger partial charge in [0.1, 0.15) is 12.2 Å². The molecule has 0 radical (unpaired) electrons. The van der Waals surface area contributed by atoms with E-state index in [1.165, 1.54) is 0 Å². The largest absolute Gasteiger partial charge is 0.388 e. The third-order valence-corrected chi connectivity index (χ3v) is 1.57. The Labute approximate surface area is 69.7 Å². The number of Topliss-reactive ketones (excluding diaryl/α,β-unsaturated/α-hetero) is 1. The van der Waals surface area contributed by atoms with E-state index in [1.807, 2.05) is 0 Å². The van der Waals surface area contributed by atoms with Gasteiger partial charge < -0.3 is 19.6 Å². The number of hydrogen-bond acceptors (Lipinski definition) is 5. The van der Waals surface area contributed by atoms with E-state index < -0.39 is 32.9 Å². The van der Waals surface area contributed by atoms with Crippen molar-refractivity contribution < 1.29 is 29.0 Å². The number of carbonyl (C=O) groups is 1. The second-order valence-electron chi connectivity index (χ2n) is 2.20. The van der Waals surface area contributed by atoms with E-state index in [0.717, 1.165) is 6.92 Å². The van der Waals surface area contributed by atoms with E-state index in [-0.39, 0.29) is 0 Å². The Morgan fingerprint density at radius 3 is 2.42 bits per heavy atom. The van der Waals surface area contributed by atoms with E-state index in [0.29, 0.717) is 0 Å². The van der Waals surface area contributed by atoms with Gasteiger partial charge in [0, 0.05) is 0 Å². The van der Waals surface area contributed by atoms with Gasteiger partial charge in [0.2, 0.25) is 0 Å². The fourth-order valence-corrected chi connectivity index (χ4v) is 0.832. The number of aliphatic hydroxyl groups is 2. The molecule has 0 aromatic carbocycles. The highest BCUT2D eigenvalue weighted by atomic mass is 31.1. The predicted molar refractivity (Wildman–Crippen MR) is 39.9 cm³/mol. The Kier molecular flexibility index (Phi) is 5.28. The minimum atomic E-state index is -3.12. The smallest absolute Gasteiger partial charge is 0.316 e. The zero-order chi connectivity index (χ0) is 9.72. The summed E-state index contributed by atoms with van der Waals surface area (Å²) >= 11 is 0. The maximum Gasteiger partial charge on any atom is 0.316 e. The maximum absolute atomic E-state index is 10.4. The lowest BCUT2D eigenvalue weighted by atomic mass is 10.1. The number of ketones is 1. The van der Waals surface area contributed by atoms with Crippen LogP contribution in [-0.4, -0.2) is 39.7 Å². The van der Waals surface area contributed by atoms with Gasteiger partial charge in [-0.25, -0.2) is 0 Å². The Morgan fingerprint density at radius 2 is 2.08 bits per heavy atom.